The highest BCUT2D eigenvalue weighted by Crippen LogP contribution is 2.27. The van der Waals surface area contributed by atoms with Gasteiger partial charge in [0.1, 0.15) is 0 Å². The van der Waals surface area contributed by atoms with Gasteiger partial charge in [0.25, 0.3) is 0 Å². The van der Waals surface area contributed by atoms with Crippen LogP contribution in [0.1, 0.15) is 28.4 Å². The molecule has 0 unspecified atom stereocenters. The van der Waals surface area contributed by atoms with Gasteiger partial charge in [-0.25, -0.2) is 0 Å². The Balaban J connectivity index is 1.83. The fourth-order valence-corrected chi connectivity index (χ4v) is 3.95. The SMILES string of the molecule is Cc1ccc(C(=O)CSc2nnc(NCC(C)C)s2)s1. The lowest BCUT2D eigenvalue weighted by molar-refractivity contribution is 0.102. The van der Waals surface area contributed by atoms with Gasteiger partial charge in [-0.3, -0.25) is 4.79 Å². The summed E-state index contributed by atoms with van der Waals surface area (Å²) < 4.78 is 0.831. The van der Waals surface area contributed by atoms with Crippen LogP contribution in [0.2, 0.25) is 0 Å². The fourth-order valence-electron chi connectivity index (χ4n) is 1.41. The normalized spacial score (nSPS) is 11.0. The number of nitrogens with zero attached hydrogens (tertiary/aromatic N) is 2. The van der Waals surface area contributed by atoms with Gasteiger partial charge in [0.15, 0.2) is 10.1 Å². The van der Waals surface area contributed by atoms with Crippen LogP contribution in [-0.2, 0) is 0 Å². The number of hydrogen-bond donors (Lipinski definition) is 1. The summed E-state index contributed by atoms with van der Waals surface area (Å²) in [5.41, 5.74) is 0. The largest absolute Gasteiger partial charge is 0.360 e. The van der Waals surface area contributed by atoms with Gasteiger partial charge in [-0.2, -0.15) is 0 Å². The summed E-state index contributed by atoms with van der Waals surface area (Å²) in [6, 6.07) is 3.86. The highest BCUT2D eigenvalue weighted by Gasteiger charge is 2.11. The Bertz CT molecular complexity index is 577. The van der Waals surface area contributed by atoms with Crippen molar-refractivity contribution in [2.75, 3.05) is 17.6 Å². The lowest BCUT2D eigenvalue weighted by Crippen LogP contribution is -2.07. The summed E-state index contributed by atoms with van der Waals surface area (Å²) in [6.07, 6.45) is 0. The number of anilines is 1. The number of aryl methyl sites for hydroxylation is 1. The van der Waals surface area contributed by atoms with Crippen molar-refractivity contribution in [1.29, 1.82) is 0 Å². The van der Waals surface area contributed by atoms with Crippen molar-refractivity contribution in [3.8, 4) is 0 Å². The monoisotopic (exact) mass is 327 g/mol. The molecule has 20 heavy (non-hydrogen) atoms. The van der Waals surface area contributed by atoms with E-state index in [1.54, 1.807) is 0 Å². The Kier molecular flexibility index (Phi) is 5.56. The second-order valence-corrected chi connectivity index (χ2v) is 8.26. The van der Waals surface area contributed by atoms with E-state index < -0.39 is 0 Å². The average molecular weight is 328 g/mol. The molecule has 0 aromatic carbocycles. The van der Waals surface area contributed by atoms with Crippen LogP contribution < -0.4 is 5.32 Å². The number of hydrogen-bond acceptors (Lipinski definition) is 7. The van der Waals surface area contributed by atoms with Crippen molar-refractivity contribution < 1.29 is 4.79 Å². The number of aromatic nitrogens is 2. The molecule has 2 aromatic rings. The highest BCUT2D eigenvalue weighted by molar-refractivity contribution is 8.01. The van der Waals surface area contributed by atoms with Crippen molar-refractivity contribution in [2.24, 2.45) is 5.92 Å². The zero-order valence-electron chi connectivity index (χ0n) is 11.7. The van der Waals surface area contributed by atoms with Crippen LogP contribution >= 0.6 is 34.4 Å². The average Bonchev–Trinajstić information content (AvgIpc) is 3.02. The number of thioether (sulfide) groups is 1. The Hall–Kier alpha value is -0.920. The molecular weight excluding hydrogens is 310 g/mol. The summed E-state index contributed by atoms with van der Waals surface area (Å²) in [5, 5.41) is 12.2. The molecule has 1 N–H and O–H groups in total. The summed E-state index contributed by atoms with van der Waals surface area (Å²) in [5.74, 6) is 1.14. The highest BCUT2D eigenvalue weighted by atomic mass is 32.2. The minimum Gasteiger partial charge on any atom is -0.360 e. The van der Waals surface area contributed by atoms with E-state index in [1.807, 2.05) is 19.1 Å². The maximum atomic E-state index is 12.0. The van der Waals surface area contributed by atoms with Crippen LogP contribution in [0.4, 0.5) is 5.13 Å². The van der Waals surface area contributed by atoms with Gasteiger partial charge in [-0.15, -0.1) is 21.5 Å². The van der Waals surface area contributed by atoms with E-state index in [0.29, 0.717) is 11.7 Å². The third kappa shape index (κ3) is 4.57. The predicted molar refractivity (Wildman–Crippen MR) is 87.3 cm³/mol. The van der Waals surface area contributed by atoms with Gasteiger partial charge in [0.2, 0.25) is 5.13 Å². The Morgan fingerprint density at radius 3 is 2.80 bits per heavy atom. The fraction of sp³-hybridized carbons (Fsp3) is 0.462. The first-order valence-electron chi connectivity index (χ1n) is 6.34. The van der Waals surface area contributed by atoms with Crippen molar-refractivity contribution >= 4 is 45.4 Å². The molecule has 0 aliphatic heterocycles. The molecule has 4 nitrogen and oxygen atoms in total. The van der Waals surface area contributed by atoms with Crippen LogP contribution in [-0.4, -0.2) is 28.3 Å². The lowest BCUT2D eigenvalue weighted by atomic mass is 10.2. The van der Waals surface area contributed by atoms with Crippen molar-refractivity contribution in [3.63, 3.8) is 0 Å². The summed E-state index contributed by atoms with van der Waals surface area (Å²) in [7, 11) is 0. The molecule has 0 aliphatic carbocycles. The lowest BCUT2D eigenvalue weighted by Gasteiger charge is -2.03. The first-order chi connectivity index (χ1) is 9.54. The number of thiophene rings is 1. The molecule has 7 heteroatoms. The Labute approximate surface area is 131 Å². The van der Waals surface area contributed by atoms with Crippen molar-refractivity contribution in [2.45, 2.75) is 25.1 Å². The molecule has 2 heterocycles. The Morgan fingerprint density at radius 2 is 2.15 bits per heavy atom. The topological polar surface area (TPSA) is 54.9 Å². The van der Waals surface area contributed by atoms with Crippen LogP contribution in [0.25, 0.3) is 0 Å². The van der Waals surface area contributed by atoms with Gasteiger partial charge in [-0.1, -0.05) is 36.9 Å². The summed E-state index contributed by atoms with van der Waals surface area (Å²) in [4.78, 5) is 14.0. The molecule has 0 fully saturated rings. The molecule has 0 bridgehead atoms. The molecule has 0 amide bonds. The smallest absolute Gasteiger partial charge is 0.206 e. The van der Waals surface area contributed by atoms with E-state index in [0.717, 1.165) is 25.8 Å². The van der Waals surface area contributed by atoms with Gasteiger partial charge in [0, 0.05) is 11.4 Å². The second kappa shape index (κ2) is 7.19. The molecule has 0 aliphatic rings. The maximum Gasteiger partial charge on any atom is 0.206 e. The van der Waals surface area contributed by atoms with E-state index in [1.165, 1.54) is 34.4 Å². The van der Waals surface area contributed by atoms with Crippen LogP contribution in [0.5, 0.6) is 0 Å². The molecule has 0 atom stereocenters. The van der Waals surface area contributed by atoms with E-state index in [4.69, 9.17) is 0 Å². The maximum absolute atomic E-state index is 12.0. The van der Waals surface area contributed by atoms with Gasteiger partial charge < -0.3 is 5.32 Å². The quantitative estimate of drug-likeness (QED) is 0.616. The molecule has 108 valence electrons. The molecular formula is C13H17N3OS3. The molecule has 2 aromatic heterocycles. The molecule has 0 saturated heterocycles. The number of ketones is 1. The number of Topliss-reactive ketones (excluding diaryl/α,β-unsaturated/α-hetero) is 1. The molecule has 0 spiro atoms. The van der Waals surface area contributed by atoms with E-state index in [2.05, 4.69) is 29.4 Å². The Morgan fingerprint density at radius 1 is 1.35 bits per heavy atom. The van der Waals surface area contributed by atoms with Crippen LogP contribution in [0.3, 0.4) is 0 Å². The van der Waals surface area contributed by atoms with E-state index >= 15 is 0 Å². The van der Waals surface area contributed by atoms with Gasteiger partial charge in [0.05, 0.1) is 10.6 Å². The summed E-state index contributed by atoms with van der Waals surface area (Å²) >= 11 is 4.49. The zero-order valence-corrected chi connectivity index (χ0v) is 14.1. The third-order valence-electron chi connectivity index (χ3n) is 2.41. The van der Waals surface area contributed by atoms with E-state index in [-0.39, 0.29) is 5.78 Å². The summed E-state index contributed by atoms with van der Waals surface area (Å²) in [6.45, 7) is 7.18. The third-order valence-corrected chi connectivity index (χ3v) is 5.47. The zero-order chi connectivity index (χ0) is 14.5. The molecule has 0 radical (unpaired) electrons. The first kappa shape index (κ1) is 15.5. The number of nitrogens with one attached hydrogen (secondary N) is 1. The minimum atomic E-state index is 0.153. The van der Waals surface area contributed by atoms with E-state index in [9.17, 15) is 4.79 Å². The van der Waals surface area contributed by atoms with Crippen molar-refractivity contribution in [1.82, 2.24) is 10.2 Å². The second-order valence-electron chi connectivity index (χ2n) is 4.77. The molecule has 2 rings (SSSR count). The minimum absolute atomic E-state index is 0.153. The number of carbonyl (C=O) groups excluding carboxylic acids is 1. The molecule has 0 saturated carbocycles. The van der Waals surface area contributed by atoms with Crippen LogP contribution in [0.15, 0.2) is 16.5 Å². The standard InChI is InChI=1S/C13H17N3OS3/c1-8(2)6-14-12-15-16-13(20-12)18-7-10(17)11-5-4-9(3)19-11/h4-5,8H,6-7H2,1-3H3,(H,14,15). The van der Waals surface area contributed by atoms with Gasteiger partial charge >= 0.3 is 0 Å². The number of rotatable bonds is 7. The van der Waals surface area contributed by atoms with Gasteiger partial charge in [-0.05, 0) is 25.0 Å². The number of carbonyl (C=O) groups is 1. The van der Waals surface area contributed by atoms with Crippen molar-refractivity contribution in [3.05, 3.63) is 21.9 Å². The first-order valence-corrected chi connectivity index (χ1v) is 8.96. The van der Waals surface area contributed by atoms with Crippen LogP contribution in [0, 0.1) is 12.8 Å². The predicted octanol–water partition coefficient (Wildman–Crippen LogP) is 3.95.